The van der Waals surface area contributed by atoms with E-state index in [1.165, 1.54) is 5.69 Å². The molecular weight excluding hydrogens is 226 g/mol. The van der Waals surface area contributed by atoms with Crippen molar-refractivity contribution in [1.29, 1.82) is 0 Å². The molecule has 1 saturated heterocycles. The molecule has 3 rings (SSSR count). The summed E-state index contributed by atoms with van der Waals surface area (Å²) in [5.41, 5.74) is 2.25. The quantitative estimate of drug-likeness (QED) is 0.868. The van der Waals surface area contributed by atoms with Crippen molar-refractivity contribution in [3.05, 3.63) is 17.8 Å². The lowest BCUT2D eigenvalue weighted by Gasteiger charge is -2.30. The molecule has 0 saturated carbocycles. The Morgan fingerprint density at radius 1 is 1.44 bits per heavy atom. The van der Waals surface area contributed by atoms with Gasteiger partial charge in [0.2, 0.25) is 0 Å². The maximum Gasteiger partial charge on any atom is 0.152 e. The zero-order valence-corrected chi connectivity index (χ0v) is 11.1. The molecule has 1 aromatic heterocycles. The van der Waals surface area contributed by atoms with Crippen LogP contribution in [0.1, 0.15) is 19.0 Å². The van der Waals surface area contributed by atoms with Crippen LogP contribution >= 0.6 is 0 Å². The van der Waals surface area contributed by atoms with Gasteiger partial charge in [-0.3, -0.25) is 0 Å². The number of aromatic nitrogens is 1. The number of nitrogens with one attached hydrogen (secondary N) is 1. The molecule has 0 radical (unpaired) electrons. The summed E-state index contributed by atoms with van der Waals surface area (Å²) in [7, 11) is 0. The Kier molecular flexibility index (Phi) is 3.12. The Balaban J connectivity index is 2.01. The molecule has 0 spiro atoms. The van der Waals surface area contributed by atoms with Crippen LogP contribution in [0.15, 0.2) is 12.1 Å². The average Bonchev–Trinajstić information content (AvgIpc) is 2.78. The maximum atomic E-state index is 5.66. The highest BCUT2D eigenvalue weighted by Crippen LogP contribution is 2.33. The fourth-order valence-electron chi connectivity index (χ4n) is 2.94. The van der Waals surface area contributed by atoms with Crippen molar-refractivity contribution in [1.82, 2.24) is 4.98 Å². The van der Waals surface area contributed by atoms with Crippen molar-refractivity contribution >= 4 is 11.5 Å². The normalized spacial score (nSPS) is 26.2. The van der Waals surface area contributed by atoms with Crippen molar-refractivity contribution in [2.24, 2.45) is 5.92 Å². The third-order valence-corrected chi connectivity index (χ3v) is 3.87. The second-order valence-corrected chi connectivity index (χ2v) is 5.26. The summed E-state index contributed by atoms with van der Waals surface area (Å²) in [6, 6.07) is 4.71. The predicted molar refractivity (Wildman–Crippen MR) is 73.2 cm³/mol. The third-order valence-electron chi connectivity index (χ3n) is 3.87. The summed E-state index contributed by atoms with van der Waals surface area (Å²) < 4.78 is 5.66. The lowest BCUT2D eigenvalue weighted by atomic mass is 10.0. The van der Waals surface area contributed by atoms with Gasteiger partial charge in [-0.15, -0.1) is 0 Å². The first-order chi connectivity index (χ1) is 8.79. The van der Waals surface area contributed by atoms with Crippen molar-refractivity contribution in [2.45, 2.75) is 26.3 Å². The van der Waals surface area contributed by atoms with Crippen LogP contribution in [0.2, 0.25) is 0 Å². The number of nitrogens with zero attached hydrogens (tertiary/aromatic N) is 2. The lowest BCUT2D eigenvalue weighted by Crippen LogP contribution is -2.41. The van der Waals surface area contributed by atoms with Crippen LogP contribution in [0.3, 0.4) is 0 Å². The maximum absolute atomic E-state index is 5.66. The van der Waals surface area contributed by atoms with E-state index in [1.54, 1.807) is 0 Å². The van der Waals surface area contributed by atoms with E-state index in [0.29, 0.717) is 12.0 Å². The molecule has 1 fully saturated rings. The molecule has 1 N–H and O–H groups in total. The minimum atomic E-state index is 0.480. The van der Waals surface area contributed by atoms with Crippen LogP contribution in [0.25, 0.3) is 0 Å². The highest BCUT2D eigenvalue weighted by atomic mass is 16.5. The SMILES string of the molecule is CCCN1c2nc(C)ccc2NCC2COCC21. The van der Waals surface area contributed by atoms with E-state index in [0.717, 1.165) is 44.2 Å². The van der Waals surface area contributed by atoms with Crippen LogP contribution in [0.5, 0.6) is 0 Å². The molecule has 0 aliphatic carbocycles. The Hall–Kier alpha value is -1.29. The van der Waals surface area contributed by atoms with Crippen molar-refractivity contribution in [3.8, 4) is 0 Å². The van der Waals surface area contributed by atoms with Gasteiger partial charge in [0.1, 0.15) is 0 Å². The molecule has 0 aromatic carbocycles. The van der Waals surface area contributed by atoms with Gasteiger partial charge >= 0.3 is 0 Å². The average molecular weight is 247 g/mol. The van der Waals surface area contributed by atoms with E-state index < -0.39 is 0 Å². The second-order valence-electron chi connectivity index (χ2n) is 5.26. The van der Waals surface area contributed by atoms with E-state index in [4.69, 9.17) is 9.72 Å². The number of rotatable bonds is 2. The third kappa shape index (κ3) is 1.94. The Morgan fingerprint density at radius 2 is 2.33 bits per heavy atom. The molecule has 18 heavy (non-hydrogen) atoms. The first-order valence-corrected chi connectivity index (χ1v) is 6.85. The van der Waals surface area contributed by atoms with E-state index in [-0.39, 0.29) is 0 Å². The Labute approximate surface area is 108 Å². The van der Waals surface area contributed by atoms with Crippen molar-refractivity contribution < 1.29 is 4.74 Å². The van der Waals surface area contributed by atoms with Crippen LogP contribution in [0.4, 0.5) is 11.5 Å². The predicted octanol–water partition coefficient (Wildman–Crippen LogP) is 2.05. The number of hydrogen-bond donors (Lipinski definition) is 1. The van der Waals surface area contributed by atoms with Gasteiger partial charge in [-0.25, -0.2) is 4.98 Å². The topological polar surface area (TPSA) is 37.4 Å². The van der Waals surface area contributed by atoms with Gasteiger partial charge in [0, 0.05) is 24.7 Å². The molecule has 3 heterocycles. The van der Waals surface area contributed by atoms with E-state index in [1.807, 2.05) is 0 Å². The monoisotopic (exact) mass is 247 g/mol. The van der Waals surface area contributed by atoms with Gasteiger partial charge in [-0.1, -0.05) is 6.92 Å². The van der Waals surface area contributed by atoms with Crippen LogP contribution in [-0.2, 0) is 4.74 Å². The van der Waals surface area contributed by atoms with Gasteiger partial charge in [0.15, 0.2) is 5.82 Å². The highest BCUT2D eigenvalue weighted by Gasteiger charge is 2.36. The molecular formula is C14H21N3O. The lowest BCUT2D eigenvalue weighted by molar-refractivity contribution is 0.185. The van der Waals surface area contributed by atoms with Crippen molar-refractivity contribution in [3.63, 3.8) is 0 Å². The number of pyridine rings is 1. The van der Waals surface area contributed by atoms with Gasteiger partial charge in [-0.2, -0.15) is 0 Å². The minimum Gasteiger partial charge on any atom is -0.382 e. The summed E-state index contributed by atoms with van der Waals surface area (Å²) in [5, 5.41) is 3.53. The van der Waals surface area contributed by atoms with Gasteiger partial charge in [0.25, 0.3) is 0 Å². The van der Waals surface area contributed by atoms with Crippen molar-refractivity contribution in [2.75, 3.05) is 36.5 Å². The van der Waals surface area contributed by atoms with Crippen LogP contribution in [-0.4, -0.2) is 37.3 Å². The number of hydrogen-bond acceptors (Lipinski definition) is 4. The molecule has 4 heteroatoms. The van der Waals surface area contributed by atoms with E-state index >= 15 is 0 Å². The fraction of sp³-hybridized carbons (Fsp3) is 0.643. The highest BCUT2D eigenvalue weighted by molar-refractivity contribution is 5.67. The summed E-state index contributed by atoms with van der Waals surface area (Å²) >= 11 is 0. The number of ether oxygens (including phenoxy) is 1. The summed E-state index contributed by atoms with van der Waals surface area (Å²) in [6.07, 6.45) is 1.14. The molecule has 0 amide bonds. The number of fused-ring (bicyclic) bond motifs is 2. The first kappa shape index (κ1) is 11.8. The summed E-state index contributed by atoms with van der Waals surface area (Å²) in [5.74, 6) is 1.68. The summed E-state index contributed by atoms with van der Waals surface area (Å²) in [6.45, 7) is 8.01. The van der Waals surface area contributed by atoms with Crippen LogP contribution < -0.4 is 10.2 Å². The standard InChI is InChI=1S/C14H21N3O/c1-3-6-17-13-9-18-8-11(13)7-15-12-5-4-10(2)16-14(12)17/h4-5,11,13,15H,3,6-9H2,1-2H3. The smallest absolute Gasteiger partial charge is 0.152 e. The largest absolute Gasteiger partial charge is 0.382 e. The van der Waals surface area contributed by atoms with Gasteiger partial charge in [0.05, 0.1) is 24.9 Å². The molecule has 4 nitrogen and oxygen atoms in total. The van der Waals surface area contributed by atoms with E-state index in [9.17, 15) is 0 Å². The minimum absolute atomic E-state index is 0.480. The second kappa shape index (κ2) is 4.76. The zero-order valence-electron chi connectivity index (χ0n) is 11.1. The first-order valence-electron chi connectivity index (χ1n) is 6.85. The molecule has 1 aromatic rings. The number of anilines is 2. The summed E-state index contributed by atoms with van der Waals surface area (Å²) in [4.78, 5) is 7.19. The van der Waals surface area contributed by atoms with Crippen LogP contribution in [0, 0.1) is 12.8 Å². The zero-order chi connectivity index (χ0) is 12.5. The molecule has 2 aliphatic heterocycles. The van der Waals surface area contributed by atoms with E-state index in [2.05, 4.69) is 36.2 Å². The number of aryl methyl sites for hydroxylation is 1. The van der Waals surface area contributed by atoms with Gasteiger partial charge < -0.3 is 15.0 Å². The molecule has 0 bridgehead atoms. The molecule has 98 valence electrons. The fourth-order valence-corrected chi connectivity index (χ4v) is 2.94. The Bertz CT molecular complexity index is 435. The molecule has 2 atom stereocenters. The Morgan fingerprint density at radius 3 is 3.17 bits per heavy atom. The molecule has 2 unspecified atom stereocenters. The molecule has 2 aliphatic rings. The van der Waals surface area contributed by atoms with Gasteiger partial charge in [-0.05, 0) is 25.5 Å².